The molecule has 0 bridgehead atoms. The van der Waals surface area contributed by atoms with Gasteiger partial charge < -0.3 is 14.6 Å². The molecule has 1 unspecified atom stereocenters. The van der Waals surface area contributed by atoms with Gasteiger partial charge in [0.1, 0.15) is 17.5 Å². The van der Waals surface area contributed by atoms with Crippen LogP contribution in [0.2, 0.25) is 0 Å². The van der Waals surface area contributed by atoms with Crippen LogP contribution in [0.15, 0.2) is 66.7 Å². The third-order valence-electron chi connectivity index (χ3n) is 6.91. The van der Waals surface area contributed by atoms with Gasteiger partial charge in [-0.1, -0.05) is 59.9 Å². The van der Waals surface area contributed by atoms with Crippen LogP contribution in [0.1, 0.15) is 35.6 Å². The van der Waals surface area contributed by atoms with Crippen LogP contribution in [0, 0.1) is 30.4 Å². The number of halogens is 2. The van der Waals surface area contributed by atoms with Crippen LogP contribution in [-0.2, 0) is 16.1 Å². The van der Waals surface area contributed by atoms with E-state index >= 15 is 8.78 Å². The summed E-state index contributed by atoms with van der Waals surface area (Å²) in [5.41, 5.74) is 0.737. The molecule has 0 spiro atoms. The zero-order valence-electron chi connectivity index (χ0n) is 22.1. The van der Waals surface area contributed by atoms with Crippen LogP contribution in [0.25, 0.3) is 0 Å². The van der Waals surface area contributed by atoms with Crippen molar-refractivity contribution >= 4 is 23.9 Å². The second-order valence-electron chi connectivity index (χ2n) is 9.75. The lowest BCUT2D eigenvalue weighted by Crippen LogP contribution is -2.67. The first-order valence-electron chi connectivity index (χ1n) is 12.5. The highest BCUT2D eigenvalue weighted by Crippen LogP contribution is 2.31. The number of aryl methyl sites for hydroxylation is 1. The van der Waals surface area contributed by atoms with E-state index < -0.39 is 34.8 Å². The maximum atomic E-state index is 15.1. The number of amides is 3. The second-order valence-corrected chi connectivity index (χ2v) is 9.75. The second kappa shape index (κ2) is 11.5. The average Bonchev–Trinajstić information content (AvgIpc) is 2.91. The summed E-state index contributed by atoms with van der Waals surface area (Å²) in [6.45, 7) is 4.09. The number of hydrogen-bond donors (Lipinski definition) is 0. The molecule has 1 aliphatic heterocycles. The van der Waals surface area contributed by atoms with Crippen LogP contribution < -0.4 is 4.90 Å². The summed E-state index contributed by atoms with van der Waals surface area (Å²) in [7, 11) is 1.24. The number of carbonyl (C=O) groups is 3. The van der Waals surface area contributed by atoms with E-state index in [0.29, 0.717) is 18.4 Å². The van der Waals surface area contributed by atoms with Crippen molar-refractivity contribution in [3.8, 4) is 11.8 Å². The molecule has 3 aromatic rings. The molecule has 0 aliphatic carbocycles. The van der Waals surface area contributed by atoms with E-state index in [9.17, 15) is 14.4 Å². The molecular weight excluding hydrogens is 500 g/mol. The van der Waals surface area contributed by atoms with Gasteiger partial charge in [0.2, 0.25) is 5.91 Å². The number of anilines is 1. The Kier molecular flexibility index (Phi) is 8.10. The number of hydrogen-bond acceptors (Lipinski definition) is 3. The molecule has 1 aliphatic rings. The van der Waals surface area contributed by atoms with Gasteiger partial charge in [0, 0.05) is 44.2 Å². The fourth-order valence-electron chi connectivity index (χ4n) is 4.66. The van der Waals surface area contributed by atoms with Gasteiger partial charge in [0.15, 0.2) is 11.6 Å². The van der Waals surface area contributed by atoms with Crippen LogP contribution in [-0.4, -0.2) is 53.7 Å². The Hall–Kier alpha value is -4.51. The largest absolute Gasteiger partial charge is 0.335 e. The highest BCUT2D eigenvalue weighted by molar-refractivity contribution is 5.99. The normalized spacial score (nSPS) is 16.9. The van der Waals surface area contributed by atoms with E-state index in [-0.39, 0.29) is 25.1 Å². The summed E-state index contributed by atoms with van der Waals surface area (Å²) in [6.07, 6.45) is 0.323. The van der Waals surface area contributed by atoms with E-state index in [1.54, 1.807) is 29.2 Å². The Balaban J connectivity index is 1.57. The Morgan fingerprint density at radius 3 is 2.23 bits per heavy atom. The molecule has 0 saturated carbocycles. The number of urea groups is 1. The summed E-state index contributed by atoms with van der Waals surface area (Å²) in [5.74, 6) is 3.23. The highest BCUT2D eigenvalue weighted by atomic mass is 19.1. The average molecular weight is 530 g/mol. The van der Waals surface area contributed by atoms with E-state index in [1.807, 2.05) is 37.3 Å². The lowest BCUT2D eigenvalue weighted by molar-refractivity contribution is -0.149. The third kappa shape index (κ3) is 5.83. The number of nitrogens with zero attached hydrogens (tertiary/aromatic N) is 3. The van der Waals surface area contributed by atoms with Gasteiger partial charge in [-0.2, -0.15) is 0 Å². The molecule has 200 valence electrons. The first kappa shape index (κ1) is 27.5. The maximum absolute atomic E-state index is 15.1. The molecule has 8 heteroatoms. The number of carbonyl (C=O) groups excluding carboxylic acids is 3. The van der Waals surface area contributed by atoms with Crippen LogP contribution in [0.3, 0.4) is 0 Å². The summed E-state index contributed by atoms with van der Waals surface area (Å²) in [6, 6.07) is 18.1. The monoisotopic (exact) mass is 529 g/mol. The van der Waals surface area contributed by atoms with Crippen molar-refractivity contribution in [1.29, 1.82) is 0 Å². The molecule has 3 amide bonds. The van der Waals surface area contributed by atoms with Gasteiger partial charge in [0.05, 0.1) is 0 Å². The van der Waals surface area contributed by atoms with Crippen molar-refractivity contribution in [2.75, 3.05) is 25.0 Å². The summed E-state index contributed by atoms with van der Waals surface area (Å²) in [4.78, 5) is 42.3. The van der Waals surface area contributed by atoms with Crippen LogP contribution in [0.5, 0.6) is 0 Å². The molecular formula is C31H29F2N3O3. The molecule has 1 saturated heterocycles. The SMILES string of the molecule is Cc1ccc(CN2CCN(C(=O)N(C)c3c(F)cc(C#Cc4ccccc4)cc3F)C(C)(CC=O)C2=O)cc1. The fraction of sp³-hybridized carbons (Fsp3) is 0.258. The molecule has 4 rings (SSSR count). The van der Waals surface area contributed by atoms with Crippen molar-refractivity contribution in [1.82, 2.24) is 9.80 Å². The Bertz CT molecular complexity index is 1420. The fourth-order valence-corrected chi connectivity index (χ4v) is 4.66. The van der Waals surface area contributed by atoms with Crippen molar-refractivity contribution in [2.24, 2.45) is 0 Å². The van der Waals surface area contributed by atoms with Gasteiger partial charge in [-0.3, -0.25) is 9.69 Å². The molecule has 6 nitrogen and oxygen atoms in total. The van der Waals surface area contributed by atoms with Crippen LogP contribution in [0.4, 0.5) is 19.3 Å². The van der Waals surface area contributed by atoms with E-state index in [1.165, 1.54) is 18.9 Å². The van der Waals surface area contributed by atoms with Gasteiger partial charge in [0.25, 0.3) is 0 Å². The predicted molar refractivity (Wildman–Crippen MR) is 145 cm³/mol. The van der Waals surface area contributed by atoms with E-state index in [0.717, 1.165) is 28.2 Å². The lowest BCUT2D eigenvalue weighted by atomic mass is 9.91. The number of rotatable bonds is 5. The molecule has 0 N–H and O–H groups in total. The third-order valence-corrected chi connectivity index (χ3v) is 6.91. The van der Waals surface area contributed by atoms with E-state index in [4.69, 9.17) is 0 Å². The van der Waals surface area contributed by atoms with Crippen molar-refractivity contribution in [3.05, 3.63) is 101 Å². The van der Waals surface area contributed by atoms with Gasteiger partial charge in [-0.15, -0.1) is 0 Å². The minimum Gasteiger partial charge on any atom is -0.335 e. The predicted octanol–water partition coefficient (Wildman–Crippen LogP) is 4.92. The Morgan fingerprint density at radius 2 is 1.62 bits per heavy atom. The Labute approximate surface area is 226 Å². The quantitative estimate of drug-likeness (QED) is 0.348. The molecule has 1 atom stereocenters. The van der Waals surface area contributed by atoms with Gasteiger partial charge >= 0.3 is 6.03 Å². The number of aldehydes is 1. The Morgan fingerprint density at radius 1 is 1.00 bits per heavy atom. The molecule has 0 radical (unpaired) electrons. The zero-order valence-corrected chi connectivity index (χ0v) is 22.1. The first-order valence-corrected chi connectivity index (χ1v) is 12.5. The molecule has 3 aromatic carbocycles. The minimum atomic E-state index is -1.51. The molecule has 1 fully saturated rings. The maximum Gasteiger partial charge on any atom is 0.325 e. The molecule has 0 aromatic heterocycles. The minimum absolute atomic E-state index is 0.0922. The molecule has 1 heterocycles. The first-order chi connectivity index (χ1) is 18.6. The topological polar surface area (TPSA) is 60.9 Å². The van der Waals surface area contributed by atoms with Crippen LogP contribution >= 0.6 is 0 Å². The smallest absolute Gasteiger partial charge is 0.325 e. The lowest BCUT2D eigenvalue weighted by Gasteiger charge is -2.48. The zero-order chi connectivity index (χ0) is 28.2. The summed E-state index contributed by atoms with van der Waals surface area (Å²) >= 11 is 0. The molecule has 39 heavy (non-hydrogen) atoms. The highest BCUT2D eigenvalue weighted by Gasteiger charge is 2.48. The van der Waals surface area contributed by atoms with Crippen molar-refractivity contribution in [3.63, 3.8) is 0 Å². The summed E-state index contributed by atoms with van der Waals surface area (Å²) in [5, 5.41) is 0. The van der Waals surface area contributed by atoms with Crippen molar-refractivity contribution < 1.29 is 23.2 Å². The number of benzene rings is 3. The van der Waals surface area contributed by atoms with Crippen molar-refractivity contribution in [2.45, 2.75) is 32.4 Å². The van der Waals surface area contributed by atoms with Gasteiger partial charge in [-0.05, 0) is 43.7 Å². The summed E-state index contributed by atoms with van der Waals surface area (Å²) < 4.78 is 30.2. The standard InChI is InChI=1S/C31H29F2N3O3/c1-22-9-11-24(12-10-22)21-35-16-17-36(31(2,15-18-37)29(35)38)30(39)34(3)28-26(32)19-25(20-27(28)33)14-13-23-7-5-4-6-8-23/h4-12,18-20H,15-17,21H2,1-3H3. The van der Waals surface area contributed by atoms with Gasteiger partial charge in [-0.25, -0.2) is 13.6 Å². The number of piperazine rings is 1. The van der Waals surface area contributed by atoms with E-state index in [2.05, 4.69) is 11.8 Å².